The predicted molar refractivity (Wildman–Crippen MR) is 61.0 cm³/mol. The van der Waals surface area contributed by atoms with Gasteiger partial charge in [-0.05, 0) is 20.8 Å². The van der Waals surface area contributed by atoms with Gasteiger partial charge in [-0.15, -0.1) is 0 Å². The molecule has 4 nitrogen and oxygen atoms in total. The Bertz CT molecular complexity index is 341. The molecule has 1 rings (SSSR count). The third kappa shape index (κ3) is 3.48. The van der Waals surface area contributed by atoms with E-state index >= 15 is 0 Å². The minimum atomic E-state index is -0.706. The largest absolute Gasteiger partial charge is 0.389 e. The van der Waals surface area contributed by atoms with Crippen LogP contribution in [0.15, 0.2) is 0 Å². The molecule has 1 heterocycles. The summed E-state index contributed by atoms with van der Waals surface area (Å²) in [4.78, 5) is 0. The number of aromatic nitrogens is 2. The van der Waals surface area contributed by atoms with Crippen LogP contribution < -0.4 is 5.32 Å². The van der Waals surface area contributed by atoms with Gasteiger partial charge in [-0.3, -0.25) is 4.68 Å². The summed E-state index contributed by atoms with van der Waals surface area (Å²) in [7, 11) is 1.81. The van der Waals surface area contributed by atoms with Crippen molar-refractivity contribution in [1.29, 1.82) is 0 Å². The minimum Gasteiger partial charge on any atom is -0.389 e. The molecule has 86 valence electrons. The normalized spacial score (nSPS) is 12.1. The van der Waals surface area contributed by atoms with Gasteiger partial charge in [0.15, 0.2) is 0 Å². The fourth-order valence-electron chi connectivity index (χ4n) is 1.37. The molecule has 0 amide bonds. The Morgan fingerprint density at radius 3 is 2.53 bits per heavy atom. The lowest BCUT2D eigenvalue weighted by atomic mass is 10.1. The summed E-state index contributed by atoms with van der Waals surface area (Å²) in [6.45, 7) is 6.60. The third-order valence-electron chi connectivity index (χ3n) is 2.13. The van der Waals surface area contributed by atoms with Gasteiger partial charge in [-0.2, -0.15) is 5.10 Å². The maximum Gasteiger partial charge on any atom is 0.131 e. The molecule has 0 atom stereocenters. The molecule has 15 heavy (non-hydrogen) atoms. The Labute approximate surface area is 95.2 Å². The summed E-state index contributed by atoms with van der Waals surface area (Å²) in [5, 5.41) is 17.5. The zero-order valence-corrected chi connectivity index (χ0v) is 10.4. The number of aliphatic hydroxyl groups is 1. The average molecular weight is 232 g/mol. The minimum absolute atomic E-state index is 0.525. The van der Waals surface area contributed by atoms with E-state index in [2.05, 4.69) is 10.4 Å². The van der Waals surface area contributed by atoms with Gasteiger partial charge in [0, 0.05) is 25.7 Å². The number of nitrogens with zero attached hydrogens (tertiary/aromatic N) is 2. The lowest BCUT2D eigenvalue weighted by molar-refractivity contribution is 0.0795. The second-order valence-electron chi connectivity index (χ2n) is 4.39. The van der Waals surface area contributed by atoms with Gasteiger partial charge in [0.2, 0.25) is 0 Å². The van der Waals surface area contributed by atoms with Crippen LogP contribution in [0.3, 0.4) is 0 Å². The first-order valence-corrected chi connectivity index (χ1v) is 5.30. The number of halogens is 1. The summed E-state index contributed by atoms with van der Waals surface area (Å²) < 4.78 is 1.65. The Hall–Kier alpha value is -0.580. The monoisotopic (exact) mass is 231 g/mol. The molecule has 0 aliphatic carbocycles. The van der Waals surface area contributed by atoms with Crippen LogP contribution in [0.4, 0.5) is 0 Å². The Balaban J connectivity index is 2.58. The van der Waals surface area contributed by atoms with Crippen LogP contribution in [0, 0.1) is 6.92 Å². The van der Waals surface area contributed by atoms with Crippen molar-refractivity contribution in [2.45, 2.75) is 32.9 Å². The SMILES string of the molecule is Cc1nn(C)c(Cl)c1CNCC(C)(C)O. The molecule has 0 saturated carbocycles. The molecule has 0 bridgehead atoms. The predicted octanol–water partition coefficient (Wildman–Crippen LogP) is 1.24. The van der Waals surface area contributed by atoms with Gasteiger partial charge in [0.25, 0.3) is 0 Å². The first-order valence-electron chi connectivity index (χ1n) is 4.92. The average Bonchev–Trinajstić information content (AvgIpc) is 2.29. The quantitative estimate of drug-likeness (QED) is 0.820. The molecule has 5 heteroatoms. The van der Waals surface area contributed by atoms with Gasteiger partial charge >= 0.3 is 0 Å². The van der Waals surface area contributed by atoms with Crippen LogP contribution in [0.1, 0.15) is 25.1 Å². The molecule has 2 N–H and O–H groups in total. The summed E-state index contributed by atoms with van der Waals surface area (Å²) in [5.41, 5.74) is 1.21. The fraction of sp³-hybridized carbons (Fsp3) is 0.700. The number of nitrogens with one attached hydrogen (secondary N) is 1. The van der Waals surface area contributed by atoms with E-state index in [1.54, 1.807) is 18.5 Å². The Kier molecular flexibility index (Phi) is 3.76. The van der Waals surface area contributed by atoms with Crippen molar-refractivity contribution in [2.75, 3.05) is 6.54 Å². The first kappa shape index (κ1) is 12.5. The third-order valence-corrected chi connectivity index (χ3v) is 2.60. The summed E-state index contributed by atoms with van der Waals surface area (Å²) in [6, 6.07) is 0. The standard InChI is InChI=1S/C10H18ClN3O/c1-7-8(9(11)14(4)13-7)5-12-6-10(2,3)15/h12,15H,5-6H2,1-4H3. The van der Waals surface area contributed by atoms with Crippen molar-refractivity contribution < 1.29 is 5.11 Å². The number of hydrogen-bond acceptors (Lipinski definition) is 3. The maximum atomic E-state index is 9.52. The summed E-state index contributed by atoms with van der Waals surface area (Å²) >= 11 is 6.06. The van der Waals surface area contributed by atoms with E-state index in [1.165, 1.54) is 0 Å². The molecule has 0 fully saturated rings. The van der Waals surface area contributed by atoms with Crippen LogP contribution in [0.2, 0.25) is 5.15 Å². The highest BCUT2D eigenvalue weighted by atomic mass is 35.5. The van der Waals surface area contributed by atoms with Crippen LogP contribution in [-0.2, 0) is 13.6 Å². The molecule has 0 aromatic carbocycles. The van der Waals surface area contributed by atoms with Crippen molar-refractivity contribution in [2.24, 2.45) is 7.05 Å². The molecule has 0 saturated heterocycles. The highest BCUT2D eigenvalue weighted by molar-refractivity contribution is 6.30. The van der Waals surface area contributed by atoms with Crippen molar-refractivity contribution in [1.82, 2.24) is 15.1 Å². The van der Waals surface area contributed by atoms with Gasteiger partial charge in [0.05, 0.1) is 11.3 Å². The maximum absolute atomic E-state index is 9.52. The van der Waals surface area contributed by atoms with Gasteiger partial charge in [-0.25, -0.2) is 0 Å². The highest BCUT2D eigenvalue weighted by Crippen LogP contribution is 2.18. The second kappa shape index (κ2) is 4.51. The lowest BCUT2D eigenvalue weighted by Crippen LogP contribution is -2.34. The molecule has 1 aromatic heterocycles. The number of rotatable bonds is 4. The smallest absolute Gasteiger partial charge is 0.131 e. The molecular weight excluding hydrogens is 214 g/mol. The van der Waals surface area contributed by atoms with E-state index in [4.69, 9.17) is 11.6 Å². The molecule has 0 aliphatic rings. The van der Waals surface area contributed by atoms with E-state index in [1.807, 2.05) is 14.0 Å². The van der Waals surface area contributed by atoms with Crippen LogP contribution in [0.25, 0.3) is 0 Å². The van der Waals surface area contributed by atoms with Crippen LogP contribution in [-0.4, -0.2) is 27.0 Å². The zero-order valence-electron chi connectivity index (χ0n) is 9.63. The molecule has 0 unspecified atom stereocenters. The van der Waals surface area contributed by atoms with Gasteiger partial charge < -0.3 is 10.4 Å². The molecular formula is C10H18ClN3O. The Morgan fingerprint density at radius 1 is 1.53 bits per heavy atom. The van der Waals surface area contributed by atoms with E-state index in [-0.39, 0.29) is 0 Å². The first-order chi connectivity index (χ1) is 6.81. The van der Waals surface area contributed by atoms with E-state index in [9.17, 15) is 5.11 Å². The van der Waals surface area contributed by atoms with Gasteiger partial charge in [-0.1, -0.05) is 11.6 Å². The topological polar surface area (TPSA) is 50.1 Å². The molecule has 0 aliphatic heterocycles. The van der Waals surface area contributed by atoms with Crippen molar-refractivity contribution >= 4 is 11.6 Å². The molecule has 0 spiro atoms. The van der Waals surface area contributed by atoms with Crippen molar-refractivity contribution in [3.05, 3.63) is 16.4 Å². The lowest BCUT2D eigenvalue weighted by Gasteiger charge is -2.17. The number of hydrogen-bond donors (Lipinski definition) is 2. The highest BCUT2D eigenvalue weighted by Gasteiger charge is 2.14. The summed E-state index contributed by atoms with van der Waals surface area (Å²) in [5.74, 6) is 0. The molecule has 0 radical (unpaired) electrons. The van der Waals surface area contributed by atoms with Crippen LogP contribution >= 0.6 is 11.6 Å². The van der Waals surface area contributed by atoms with Crippen molar-refractivity contribution in [3.63, 3.8) is 0 Å². The number of aryl methyl sites for hydroxylation is 2. The van der Waals surface area contributed by atoms with E-state index in [0.29, 0.717) is 18.2 Å². The van der Waals surface area contributed by atoms with E-state index in [0.717, 1.165) is 11.3 Å². The van der Waals surface area contributed by atoms with Crippen molar-refractivity contribution in [3.8, 4) is 0 Å². The summed E-state index contributed by atoms with van der Waals surface area (Å²) in [6.07, 6.45) is 0. The fourth-order valence-corrected chi connectivity index (χ4v) is 1.61. The zero-order chi connectivity index (χ0) is 11.6. The second-order valence-corrected chi connectivity index (χ2v) is 4.75. The van der Waals surface area contributed by atoms with Crippen LogP contribution in [0.5, 0.6) is 0 Å². The van der Waals surface area contributed by atoms with Gasteiger partial charge in [0.1, 0.15) is 5.15 Å². The molecule has 1 aromatic rings. The van der Waals surface area contributed by atoms with E-state index < -0.39 is 5.60 Å². The Morgan fingerprint density at radius 2 is 2.13 bits per heavy atom.